The smallest absolute Gasteiger partial charge is 0.305 e. The van der Waals surface area contributed by atoms with Crippen LogP contribution in [0.1, 0.15) is 78.6 Å². The van der Waals surface area contributed by atoms with E-state index in [1.807, 2.05) is 0 Å². The van der Waals surface area contributed by atoms with Crippen LogP contribution in [0.25, 0.3) is 0 Å². The molecule has 1 saturated heterocycles. The Labute approximate surface area is 175 Å². The summed E-state index contributed by atoms with van der Waals surface area (Å²) >= 11 is 0. The fourth-order valence-electron chi connectivity index (χ4n) is 8.82. The number of esters is 1. The van der Waals surface area contributed by atoms with E-state index in [9.17, 15) is 9.59 Å². The first-order valence-corrected chi connectivity index (χ1v) is 12.0. The molecule has 0 amide bonds. The van der Waals surface area contributed by atoms with E-state index < -0.39 is 0 Å². The SMILES string of the molecule is COC(=O)CC[C@@H](C)[C@H]1CCC2C3C(=O)C[C@@H]4C[C@H]5O[C@H]5C[C@]4(C)C3CC[C@@]21C. The number of methoxy groups -OCH3 is 1. The largest absolute Gasteiger partial charge is 0.469 e. The third-order valence-corrected chi connectivity index (χ3v) is 10.5. The van der Waals surface area contributed by atoms with Gasteiger partial charge >= 0.3 is 5.97 Å². The lowest BCUT2D eigenvalue weighted by atomic mass is 9.44. The lowest BCUT2D eigenvalue weighted by Crippen LogP contribution is -2.57. The zero-order chi connectivity index (χ0) is 20.6. The van der Waals surface area contributed by atoms with E-state index in [0.717, 1.165) is 19.3 Å². The van der Waals surface area contributed by atoms with E-state index in [-0.39, 0.29) is 17.3 Å². The minimum Gasteiger partial charge on any atom is -0.469 e. The molecule has 4 aliphatic carbocycles. The lowest BCUT2D eigenvalue weighted by molar-refractivity contribution is -0.155. The van der Waals surface area contributed by atoms with Gasteiger partial charge in [-0.05, 0) is 85.4 Å². The predicted octanol–water partition coefficient (Wildman–Crippen LogP) is 4.79. The Morgan fingerprint density at radius 3 is 2.69 bits per heavy atom. The van der Waals surface area contributed by atoms with Crippen LogP contribution in [0.5, 0.6) is 0 Å². The van der Waals surface area contributed by atoms with E-state index in [0.29, 0.717) is 59.4 Å². The average molecular weight is 403 g/mol. The molecule has 4 heteroatoms. The molecular formula is C25H38O4. The first kappa shape index (κ1) is 20.0. The van der Waals surface area contributed by atoms with Crippen LogP contribution in [-0.2, 0) is 19.1 Å². The Hall–Kier alpha value is -0.900. The molecule has 1 heterocycles. The van der Waals surface area contributed by atoms with Crippen LogP contribution in [0.3, 0.4) is 0 Å². The number of ketones is 1. The summed E-state index contributed by atoms with van der Waals surface area (Å²) in [6, 6.07) is 0. The van der Waals surface area contributed by atoms with Gasteiger partial charge in [0.1, 0.15) is 5.78 Å². The summed E-state index contributed by atoms with van der Waals surface area (Å²) in [5, 5.41) is 0. The number of epoxide rings is 1. The van der Waals surface area contributed by atoms with E-state index in [4.69, 9.17) is 9.47 Å². The Morgan fingerprint density at radius 1 is 1.17 bits per heavy atom. The van der Waals surface area contributed by atoms with Crippen molar-refractivity contribution in [3.05, 3.63) is 0 Å². The van der Waals surface area contributed by atoms with Gasteiger partial charge in [-0.3, -0.25) is 9.59 Å². The number of Topliss-reactive ketones (excluding diaryl/α,β-unsaturated/α-hetero) is 1. The molecule has 10 atom stereocenters. The number of carbonyl (C=O) groups is 2. The van der Waals surface area contributed by atoms with Crippen molar-refractivity contribution in [3.63, 3.8) is 0 Å². The maximum atomic E-state index is 13.5. The fourth-order valence-corrected chi connectivity index (χ4v) is 8.82. The summed E-state index contributed by atoms with van der Waals surface area (Å²) in [7, 11) is 1.48. The summed E-state index contributed by atoms with van der Waals surface area (Å²) in [6.45, 7) is 7.29. The second kappa shape index (κ2) is 6.80. The third-order valence-electron chi connectivity index (χ3n) is 10.5. The van der Waals surface area contributed by atoms with E-state index in [2.05, 4.69) is 20.8 Å². The van der Waals surface area contributed by atoms with Crippen LogP contribution in [0.2, 0.25) is 0 Å². The van der Waals surface area contributed by atoms with Crippen LogP contribution in [0.15, 0.2) is 0 Å². The number of hydrogen-bond acceptors (Lipinski definition) is 4. The molecule has 29 heavy (non-hydrogen) atoms. The first-order chi connectivity index (χ1) is 13.8. The zero-order valence-corrected chi connectivity index (χ0v) is 18.6. The summed E-state index contributed by atoms with van der Waals surface area (Å²) in [4.78, 5) is 25.1. The van der Waals surface area contributed by atoms with Crippen molar-refractivity contribution in [1.82, 2.24) is 0 Å². The van der Waals surface area contributed by atoms with Crippen LogP contribution in [0.4, 0.5) is 0 Å². The van der Waals surface area contributed by atoms with Gasteiger partial charge < -0.3 is 9.47 Å². The average Bonchev–Trinajstić information content (AvgIpc) is 3.33. The van der Waals surface area contributed by atoms with Crippen molar-refractivity contribution >= 4 is 11.8 Å². The van der Waals surface area contributed by atoms with Gasteiger partial charge in [0, 0.05) is 18.8 Å². The molecule has 0 radical (unpaired) electrons. The van der Waals surface area contributed by atoms with Gasteiger partial charge in [-0.1, -0.05) is 20.8 Å². The van der Waals surface area contributed by atoms with Crippen LogP contribution in [0, 0.1) is 46.3 Å². The van der Waals surface area contributed by atoms with Gasteiger partial charge in [0.05, 0.1) is 19.3 Å². The maximum Gasteiger partial charge on any atom is 0.305 e. The van der Waals surface area contributed by atoms with Gasteiger partial charge in [0.15, 0.2) is 0 Å². The van der Waals surface area contributed by atoms with E-state index in [1.165, 1.54) is 39.2 Å². The van der Waals surface area contributed by atoms with Crippen molar-refractivity contribution in [2.24, 2.45) is 46.3 Å². The minimum absolute atomic E-state index is 0.0976. The van der Waals surface area contributed by atoms with Gasteiger partial charge in [0.25, 0.3) is 0 Å². The quantitative estimate of drug-likeness (QED) is 0.501. The number of ether oxygens (including phenoxy) is 2. The second-order valence-corrected chi connectivity index (χ2v) is 11.6. The highest BCUT2D eigenvalue weighted by Gasteiger charge is 2.65. The third kappa shape index (κ3) is 2.95. The molecule has 5 rings (SSSR count). The van der Waals surface area contributed by atoms with Crippen molar-refractivity contribution in [2.75, 3.05) is 7.11 Å². The van der Waals surface area contributed by atoms with E-state index in [1.54, 1.807) is 0 Å². The standard InChI is InChI=1S/C25H38O4/c1-14(5-8-22(27)28-4)16-6-7-17-23-18(9-10-24(16,17)2)25(3)13-21-20(29-21)12-15(25)11-19(23)26/h14-18,20-21,23H,5-13H2,1-4H3/t14-,15-,16-,17?,18?,20-,21+,23?,24-,25+/m1/s1. The van der Waals surface area contributed by atoms with Crippen LogP contribution in [-0.4, -0.2) is 31.1 Å². The molecule has 5 aliphatic rings. The summed E-state index contributed by atoms with van der Waals surface area (Å²) in [5.74, 6) is 3.51. The zero-order valence-electron chi connectivity index (χ0n) is 18.6. The molecule has 0 aromatic rings. The molecule has 0 aromatic heterocycles. The fraction of sp³-hybridized carbons (Fsp3) is 0.920. The molecule has 5 fully saturated rings. The maximum absolute atomic E-state index is 13.5. The molecule has 3 unspecified atom stereocenters. The molecule has 0 bridgehead atoms. The molecule has 0 spiro atoms. The molecule has 4 saturated carbocycles. The highest BCUT2D eigenvalue weighted by atomic mass is 16.6. The van der Waals surface area contributed by atoms with Gasteiger partial charge in [-0.25, -0.2) is 0 Å². The minimum atomic E-state index is -0.0976. The first-order valence-electron chi connectivity index (χ1n) is 12.0. The highest BCUT2D eigenvalue weighted by Crippen LogP contribution is 2.68. The summed E-state index contributed by atoms with van der Waals surface area (Å²) in [5.41, 5.74) is 0.551. The Balaban J connectivity index is 1.36. The second-order valence-electron chi connectivity index (χ2n) is 11.6. The highest BCUT2D eigenvalue weighted by molar-refractivity contribution is 5.83. The van der Waals surface area contributed by atoms with Crippen molar-refractivity contribution in [3.8, 4) is 0 Å². The Kier molecular flexibility index (Phi) is 4.70. The number of rotatable bonds is 4. The van der Waals surface area contributed by atoms with Crippen LogP contribution < -0.4 is 0 Å². The van der Waals surface area contributed by atoms with E-state index >= 15 is 0 Å². The monoisotopic (exact) mass is 402 g/mol. The Bertz CT molecular complexity index is 703. The number of fused-ring (bicyclic) bond motifs is 6. The van der Waals surface area contributed by atoms with Crippen molar-refractivity contribution < 1.29 is 19.1 Å². The van der Waals surface area contributed by atoms with Crippen molar-refractivity contribution in [2.45, 2.75) is 90.8 Å². The van der Waals surface area contributed by atoms with Gasteiger partial charge in [-0.15, -0.1) is 0 Å². The molecule has 1 aliphatic heterocycles. The molecule has 0 N–H and O–H groups in total. The molecule has 0 aromatic carbocycles. The molecular weight excluding hydrogens is 364 g/mol. The predicted molar refractivity (Wildman–Crippen MR) is 110 cm³/mol. The van der Waals surface area contributed by atoms with Crippen molar-refractivity contribution in [1.29, 1.82) is 0 Å². The topological polar surface area (TPSA) is 55.9 Å². The number of carbonyl (C=O) groups excluding carboxylic acids is 2. The molecule has 4 nitrogen and oxygen atoms in total. The lowest BCUT2D eigenvalue weighted by Gasteiger charge is -2.59. The number of hydrogen-bond donors (Lipinski definition) is 0. The van der Waals surface area contributed by atoms with Gasteiger partial charge in [-0.2, -0.15) is 0 Å². The normalized spacial score (nSPS) is 51.3. The summed E-state index contributed by atoms with van der Waals surface area (Å²) < 4.78 is 10.8. The van der Waals surface area contributed by atoms with Gasteiger partial charge in [0.2, 0.25) is 0 Å². The molecule has 162 valence electrons. The van der Waals surface area contributed by atoms with Crippen LogP contribution >= 0.6 is 0 Å². The summed E-state index contributed by atoms with van der Waals surface area (Å²) in [6.07, 6.45) is 10.3. The Morgan fingerprint density at radius 2 is 1.93 bits per heavy atom.